The average molecular weight is 395 g/mol. The second-order valence-electron chi connectivity index (χ2n) is 5.61. The summed E-state index contributed by atoms with van der Waals surface area (Å²) in [6, 6.07) is 20.4. The van der Waals surface area contributed by atoms with E-state index in [9.17, 15) is 10.1 Å². The Labute approximate surface area is 166 Å². The maximum absolute atomic E-state index is 12.4. The van der Waals surface area contributed by atoms with Gasteiger partial charge in [-0.15, -0.1) is 0 Å². The molecule has 0 aliphatic heterocycles. The summed E-state index contributed by atoms with van der Waals surface area (Å²) in [6.45, 7) is 1.80. The summed E-state index contributed by atoms with van der Waals surface area (Å²) < 4.78 is 5.70. The molecule has 0 saturated heterocycles. The van der Waals surface area contributed by atoms with Crippen molar-refractivity contribution in [1.29, 1.82) is 5.26 Å². The number of nitrogens with zero attached hydrogens (tertiary/aromatic N) is 1. The molecule has 1 N–H and O–H groups in total. The first-order chi connectivity index (χ1) is 13.1. The molecule has 0 bridgehead atoms. The van der Waals surface area contributed by atoms with E-state index >= 15 is 0 Å². The Kier molecular flexibility index (Phi) is 6.02. The highest BCUT2D eigenvalue weighted by molar-refractivity contribution is 7.99. The van der Waals surface area contributed by atoms with Crippen molar-refractivity contribution in [2.45, 2.75) is 16.9 Å². The van der Waals surface area contributed by atoms with Gasteiger partial charge < -0.3 is 9.73 Å². The van der Waals surface area contributed by atoms with Gasteiger partial charge in [-0.1, -0.05) is 47.6 Å². The summed E-state index contributed by atoms with van der Waals surface area (Å²) in [7, 11) is 0. The smallest absolute Gasteiger partial charge is 0.266 e. The molecule has 1 amide bonds. The van der Waals surface area contributed by atoms with Crippen LogP contribution >= 0.6 is 23.4 Å². The number of furan rings is 1. The zero-order valence-electron chi connectivity index (χ0n) is 14.4. The molecule has 0 aliphatic rings. The zero-order valence-corrected chi connectivity index (χ0v) is 16.0. The summed E-state index contributed by atoms with van der Waals surface area (Å²) in [4.78, 5) is 13.5. The highest BCUT2D eigenvalue weighted by Crippen LogP contribution is 2.29. The van der Waals surface area contributed by atoms with Gasteiger partial charge in [0.05, 0.1) is 0 Å². The number of amides is 1. The number of rotatable bonds is 5. The molecule has 1 heterocycles. The zero-order chi connectivity index (χ0) is 19.2. The first-order valence-electron chi connectivity index (χ1n) is 8.08. The maximum Gasteiger partial charge on any atom is 0.266 e. The van der Waals surface area contributed by atoms with Crippen LogP contribution in [0.2, 0.25) is 5.02 Å². The molecule has 27 heavy (non-hydrogen) atoms. The van der Waals surface area contributed by atoms with Crippen molar-refractivity contribution in [2.75, 3.05) is 5.32 Å². The highest BCUT2D eigenvalue weighted by Gasteiger charge is 2.13. The number of anilines is 1. The van der Waals surface area contributed by atoms with Crippen molar-refractivity contribution < 1.29 is 9.21 Å². The SMILES string of the molecule is Cc1c(Cl)cccc1NC(=O)/C(C#N)=C\c1ccc(Sc2ccccc2)o1. The molecule has 134 valence electrons. The van der Waals surface area contributed by atoms with E-state index in [1.807, 2.05) is 36.4 Å². The molecule has 0 spiro atoms. The van der Waals surface area contributed by atoms with Gasteiger partial charge in [-0.05, 0) is 48.9 Å². The molecule has 3 aromatic rings. The summed E-state index contributed by atoms with van der Waals surface area (Å²) in [5.41, 5.74) is 1.25. The molecular weight excluding hydrogens is 380 g/mol. The van der Waals surface area contributed by atoms with Gasteiger partial charge in [0.25, 0.3) is 5.91 Å². The lowest BCUT2D eigenvalue weighted by atomic mass is 10.1. The summed E-state index contributed by atoms with van der Waals surface area (Å²) >= 11 is 7.53. The normalized spacial score (nSPS) is 11.1. The van der Waals surface area contributed by atoms with Gasteiger partial charge in [0.1, 0.15) is 17.4 Å². The van der Waals surface area contributed by atoms with E-state index in [-0.39, 0.29) is 5.57 Å². The summed E-state index contributed by atoms with van der Waals surface area (Å²) in [6.07, 6.45) is 1.42. The van der Waals surface area contributed by atoms with Crippen molar-refractivity contribution in [3.63, 3.8) is 0 Å². The topological polar surface area (TPSA) is 66.0 Å². The van der Waals surface area contributed by atoms with Crippen molar-refractivity contribution in [2.24, 2.45) is 0 Å². The lowest BCUT2D eigenvalue weighted by Gasteiger charge is -2.08. The first kappa shape index (κ1) is 18.8. The molecule has 0 aliphatic carbocycles. The second-order valence-corrected chi connectivity index (χ2v) is 7.09. The number of carbonyl (C=O) groups is 1. The number of hydrogen-bond donors (Lipinski definition) is 1. The minimum atomic E-state index is -0.517. The molecule has 0 unspecified atom stereocenters. The van der Waals surface area contributed by atoms with Crippen molar-refractivity contribution in [3.8, 4) is 6.07 Å². The van der Waals surface area contributed by atoms with E-state index in [2.05, 4.69) is 5.32 Å². The largest absolute Gasteiger partial charge is 0.450 e. The van der Waals surface area contributed by atoms with Gasteiger partial charge in [0.15, 0.2) is 5.09 Å². The Morgan fingerprint density at radius 2 is 1.93 bits per heavy atom. The van der Waals surface area contributed by atoms with Crippen LogP contribution in [0.25, 0.3) is 6.08 Å². The highest BCUT2D eigenvalue weighted by atomic mass is 35.5. The number of hydrogen-bond acceptors (Lipinski definition) is 4. The van der Waals surface area contributed by atoms with Crippen LogP contribution < -0.4 is 5.32 Å². The van der Waals surface area contributed by atoms with Crippen LogP contribution in [0.15, 0.2) is 80.6 Å². The van der Waals surface area contributed by atoms with Crippen LogP contribution in [-0.4, -0.2) is 5.91 Å². The van der Waals surface area contributed by atoms with E-state index in [1.165, 1.54) is 17.8 Å². The molecule has 0 saturated carbocycles. The van der Waals surface area contributed by atoms with Gasteiger partial charge in [0.2, 0.25) is 0 Å². The Hall–Kier alpha value is -2.94. The molecule has 0 atom stereocenters. The molecule has 4 nitrogen and oxygen atoms in total. The van der Waals surface area contributed by atoms with Crippen LogP contribution in [0.1, 0.15) is 11.3 Å². The molecule has 6 heteroatoms. The van der Waals surface area contributed by atoms with E-state index in [1.54, 1.807) is 37.3 Å². The number of nitriles is 1. The number of nitrogens with one attached hydrogen (secondary N) is 1. The lowest BCUT2D eigenvalue weighted by Crippen LogP contribution is -2.14. The van der Waals surface area contributed by atoms with E-state index in [4.69, 9.17) is 16.0 Å². The average Bonchev–Trinajstić information content (AvgIpc) is 3.11. The van der Waals surface area contributed by atoms with Crippen LogP contribution in [-0.2, 0) is 4.79 Å². The fourth-order valence-electron chi connectivity index (χ4n) is 2.29. The monoisotopic (exact) mass is 394 g/mol. The van der Waals surface area contributed by atoms with Gasteiger partial charge in [-0.25, -0.2) is 0 Å². The fraction of sp³-hybridized carbons (Fsp3) is 0.0476. The predicted molar refractivity (Wildman–Crippen MR) is 108 cm³/mol. The Morgan fingerprint density at radius 1 is 1.15 bits per heavy atom. The number of benzene rings is 2. The molecule has 0 radical (unpaired) electrons. The van der Waals surface area contributed by atoms with Crippen molar-refractivity contribution >= 4 is 41.0 Å². The van der Waals surface area contributed by atoms with Crippen LogP contribution in [0.3, 0.4) is 0 Å². The Bertz CT molecular complexity index is 1040. The van der Waals surface area contributed by atoms with Crippen LogP contribution in [0.5, 0.6) is 0 Å². The Morgan fingerprint density at radius 3 is 2.67 bits per heavy atom. The summed E-state index contributed by atoms with van der Waals surface area (Å²) in [5, 5.41) is 13.3. The minimum Gasteiger partial charge on any atom is -0.450 e. The minimum absolute atomic E-state index is 0.0556. The van der Waals surface area contributed by atoms with E-state index in [0.717, 1.165) is 10.5 Å². The molecule has 2 aromatic carbocycles. The molecule has 0 fully saturated rings. The Balaban J connectivity index is 1.75. The van der Waals surface area contributed by atoms with E-state index in [0.29, 0.717) is 21.6 Å². The van der Waals surface area contributed by atoms with Gasteiger partial charge >= 0.3 is 0 Å². The van der Waals surface area contributed by atoms with Gasteiger partial charge in [-0.3, -0.25) is 4.79 Å². The maximum atomic E-state index is 12.4. The van der Waals surface area contributed by atoms with Crippen LogP contribution in [0.4, 0.5) is 5.69 Å². The molecule has 3 rings (SSSR count). The van der Waals surface area contributed by atoms with E-state index < -0.39 is 5.91 Å². The van der Waals surface area contributed by atoms with Gasteiger partial charge in [0, 0.05) is 21.7 Å². The molecule has 1 aromatic heterocycles. The number of carbonyl (C=O) groups excluding carboxylic acids is 1. The molecular formula is C21H15ClN2O2S. The lowest BCUT2D eigenvalue weighted by molar-refractivity contribution is -0.112. The van der Waals surface area contributed by atoms with Gasteiger partial charge in [-0.2, -0.15) is 5.26 Å². The predicted octanol–water partition coefficient (Wildman–Crippen LogP) is 5.94. The standard InChI is InChI=1S/C21H15ClN2O2S/c1-14-18(22)8-5-9-19(14)24-21(25)15(13-23)12-16-10-11-20(26-16)27-17-6-3-2-4-7-17/h2-12H,1H3,(H,24,25)/b15-12-. The summed E-state index contributed by atoms with van der Waals surface area (Å²) in [5.74, 6) is -0.0838. The third-order valence-corrected chi connectivity index (χ3v) is 5.07. The quantitative estimate of drug-likeness (QED) is 0.429. The van der Waals surface area contributed by atoms with Crippen LogP contribution in [0, 0.1) is 18.3 Å². The fourth-order valence-corrected chi connectivity index (χ4v) is 3.27. The second kappa shape index (κ2) is 8.63. The number of halogens is 1. The third kappa shape index (κ3) is 4.82. The third-order valence-electron chi connectivity index (χ3n) is 3.73. The first-order valence-corrected chi connectivity index (χ1v) is 9.27. The van der Waals surface area contributed by atoms with Crippen molar-refractivity contribution in [3.05, 3.63) is 82.6 Å². The van der Waals surface area contributed by atoms with Crippen molar-refractivity contribution in [1.82, 2.24) is 0 Å².